The summed E-state index contributed by atoms with van der Waals surface area (Å²) < 4.78 is 11.2. The Morgan fingerprint density at radius 2 is 2.11 bits per heavy atom. The largest absolute Gasteiger partial charge is 0.494 e. The van der Waals surface area contributed by atoms with E-state index in [0.717, 1.165) is 24.0 Å². The van der Waals surface area contributed by atoms with Crippen LogP contribution < -0.4 is 4.74 Å². The van der Waals surface area contributed by atoms with Crippen LogP contribution in [0.4, 0.5) is 0 Å². The number of amides is 1. The van der Waals surface area contributed by atoms with E-state index in [0.29, 0.717) is 24.5 Å². The Bertz CT molecular complexity index is 808. The van der Waals surface area contributed by atoms with Crippen LogP contribution in [0.3, 0.4) is 0 Å². The number of aliphatic hydroxyl groups excluding tert-OH is 1. The summed E-state index contributed by atoms with van der Waals surface area (Å²) >= 11 is 0. The van der Waals surface area contributed by atoms with E-state index in [-0.39, 0.29) is 30.6 Å². The van der Waals surface area contributed by atoms with E-state index in [1.165, 1.54) is 0 Å². The zero-order chi connectivity index (χ0) is 18.8. The molecule has 2 heterocycles. The molecule has 1 aromatic heterocycles. The molecule has 0 bridgehead atoms. The van der Waals surface area contributed by atoms with Crippen molar-refractivity contribution in [1.82, 2.24) is 9.88 Å². The van der Waals surface area contributed by atoms with Crippen LogP contribution in [0.1, 0.15) is 23.2 Å². The number of methoxy groups -OCH3 is 1. The van der Waals surface area contributed by atoms with E-state index in [4.69, 9.17) is 9.47 Å². The van der Waals surface area contributed by atoms with Gasteiger partial charge >= 0.3 is 0 Å². The van der Waals surface area contributed by atoms with Gasteiger partial charge in [0, 0.05) is 30.5 Å². The van der Waals surface area contributed by atoms with Crippen LogP contribution in [0.15, 0.2) is 42.7 Å². The Morgan fingerprint density at radius 1 is 1.30 bits per heavy atom. The number of aromatic nitrogens is 1. The van der Waals surface area contributed by atoms with E-state index in [9.17, 15) is 9.90 Å². The van der Waals surface area contributed by atoms with Gasteiger partial charge < -0.3 is 19.5 Å². The molecule has 2 aliphatic rings. The van der Waals surface area contributed by atoms with Crippen LogP contribution in [0.25, 0.3) is 11.1 Å². The molecule has 0 spiro atoms. The molecule has 1 saturated heterocycles. The van der Waals surface area contributed by atoms with Gasteiger partial charge in [0.25, 0.3) is 5.91 Å². The minimum absolute atomic E-state index is 0.0279. The quantitative estimate of drug-likeness (QED) is 0.897. The zero-order valence-electron chi connectivity index (χ0n) is 15.4. The molecule has 1 amide bonds. The molecule has 6 heteroatoms. The predicted molar refractivity (Wildman–Crippen MR) is 101 cm³/mol. The lowest BCUT2D eigenvalue weighted by Gasteiger charge is -2.37. The van der Waals surface area contributed by atoms with Crippen molar-refractivity contribution >= 4 is 5.91 Å². The topological polar surface area (TPSA) is 71.9 Å². The van der Waals surface area contributed by atoms with Crippen molar-refractivity contribution in [3.8, 4) is 16.9 Å². The Labute approximate surface area is 158 Å². The Hall–Kier alpha value is -2.44. The highest BCUT2D eigenvalue weighted by Crippen LogP contribution is 2.35. The summed E-state index contributed by atoms with van der Waals surface area (Å²) in [5, 5.41) is 9.46. The number of carbonyl (C=O) groups excluding carboxylic acids is 1. The second-order valence-corrected chi connectivity index (χ2v) is 7.15. The van der Waals surface area contributed by atoms with Crippen molar-refractivity contribution in [3.05, 3.63) is 48.3 Å². The minimum atomic E-state index is 0.0279. The van der Waals surface area contributed by atoms with Crippen LogP contribution in [-0.2, 0) is 4.74 Å². The van der Waals surface area contributed by atoms with E-state index in [2.05, 4.69) is 4.98 Å². The number of aliphatic hydroxyl groups is 1. The number of rotatable bonds is 4. The molecule has 3 atom stereocenters. The first kappa shape index (κ1) is 17.9. The smallest absolute Gasteiger partial charge is 0.254 e. The Kier molecular flexibility index (Phi) is 5.09. The molecule has 27 heavy (non-hydrogen) atoms. The first-order chi connectivity index (χ1) is 13.2. The normalized spacial score (nSPS) is 24.5. The van der Waals surface area contributed by atoms with Crippen LogP contribution >= 0.6 is 0 Å². The lowest BCUT2D eigenvalue weighted by molar-refractivity contribution is -0.0448. The van der Waals surface area contributed by atoms with Crippen LogP contribution in [0.2, 0.25) is 0 Å². The molecule has 1 N–H and O–H groups in total. The molecule has 4 rings (SSSR count). The highest BCUT2D eigenvalue weighted by atomic mass is 16.5. The summed E-state index contributed by atoms with van der Waals surface area (Å²) in [5.41, 5.74) is 2.59. The molecule has 1 aliphatic heterocycles. The lowest BCUT2D eigenvalue weighted by Crippen LogP contribution is -2.51. The van der Waals surface area contributed by atoms with Crippen molar-refractivity contribution in [2.75, 3.05) is 26.9 Å². The van der Waals surface area contributed by atoms with Gasteiger partial charge in [-0.3, -0.25) is 9.78 Å². The fraction of sp³-hybridized carbons (Fsp3) is 0.429. The standard InChI is InChI=1S/C21H24N2O4/c1-26-20-12-22-7-6-17(20)15-2-4-16(5-3-15)21(25)23-8-9-27-19-11-14(13-24)10-18(19)23/h2-7,12,14,18-19,24H,8-11,13H2,1H3/t14-,18+,19?/m1/s1. The lowest BCUT2D eigenvalue weighted by atomic mass is 10.0. The number of benzene rings is 1. The van der Waals surface area contributed by atoms with Crippen LogP contribution in [0.5, 0.6) is 5.75 Å². The van der Waals surface area contributed by atoms with Gasteiger partial charge in [-0.2, -0.15) is 0 Å². The van der Waals surface area contributed by atoms with E-state index in [1.54, 1.807) is 19.5 Å². The molecule has 2 aromatic rings. The summed E-state index contributed by atoms with van der Waals surface area (Å²) in [7, 11) is 1.62. The minimum Gasteiger partial charge on any atom is -0.494 e. The SMILES string of the molecule is COc1cnccc1-c1ccc(C(=O)N2CCOC3C[C@H](CO)C[C@@H]32)cc1. The molecule has 1 saturated carbocycles. The molecular weight excluding hydrogens is 344 g/mol. The third-order valence-electron chi connectivity index (χ3n) is 5.60. The second-order valence-electron chi connectivity index (χ2n) is 7.15. The van der Waals surface area contributed by atoms with Gasteiger partial charge in [0.15, 0.2) is 0 Å². The number of nitrogens with zero attached hydrogens (tertiary/aromatic N) is 2. The van der Waals surface area contributed by atoms with Crippen molar-refractivity contribution < 1.29 is 19.4 Å². The zero-order valence-corrected chi connectivity index (χ0v) is 15.4. The van der Waals surface area contributed by atoms with Gasteiger partial charge in [-0.15, -0.1) is 0 Å². The number of pyridine rings is 1. The fourth-order valence-corrected chi connectivity index (χ4v) is 4.19. The maximum absolute atomic E-state index is 13.1. The maximum Gasteiger partial charge on any atom is 0.254 e. The number of ether oxygens (including phenoxy) is 2. The summed E-state index contributed by atoms with van der Waals surface area (Å²) in [6, 6.07) is 9.56. The highest BCUT2D eigenvalue weighted by molar-refractivity contribution is 5.95. The molecule has 142 valence electrons. The van der Waals surface area contributed by atoms with Gasteiger partial charge in [-0.1, -0.05) is 12.1 Å². The summed E-state index contributed by atoms with van der Waals surface area (Å²) in [4.78, 5) is 19.1. The summed E-state index contributed by atoms with van der Waals surface area (Å²) in [6.07, 6.45) is 5.08. The van der Waals surface area contributed by atoms with E-state index >= 15 is 0 Å². The number of carbonyl (C=O) groups is 1. The molecule has 1 aromatic carbocycles. The number of fused-ring (bicyclic) bond motifs is 1. The third kappa shape index (κ3) is 3.42. The van der Waals surface area contributed by atoms with Gasteiger partial charge in [0.2, 0.25) is 0 Å². The number of morpholine rings is 1. The monoisotopic (exact) mass is 368 g/mol. The van der Waals surface area contributed by atoms with Crippen molar-refractivity contribution in [3.63, 3.8) is 0 Å². The van der Waals surface area contributed by atoms with Crippen molar-refractivity contribution in [2.24, 2.45) is 5.92 Å². The van der Waals surface area contributed by atoms with Crippen molar-refractivity contribution in [1.29, 1.82) is 0 Å². The molecule has 1 aliphatic carbocycles. The average Bonchev–Trinajstić information content (AvgIpc) is 3.17. The molecule has 6 nitrogen and oxygen atoms in total. The molecular formula is C21H24N2O4. The average molecular weight is 368 g/mol. The van der Waals surface area contributed by atoms with Crippen LogP contribution in [0, 0.1) is 5.92 Å². The summed E-state index contributed by atoms with van der Waals surface area (Å²) in [5.74, 6) is 0.948. The second kappa shape index (κ2) is 7.66. The fourth-order valence-electron chi connectivity index (χ4n) is 4.19. The highest BCUT2D eigenvalue weighted by Gasteiger charge is 2.42. The maximum atomic E-state index is 13.1. The van der Waals surface area contributed by atoms with Gasteiger partial charge in [0.1, 0.15) is 5.75 Å². The van der Waals surface area contributed by atoms with Crippen LogP contribution in [-0.4, -0.2) is 59.9 Å². The molecule has 2 fully saturated rings. The third-order valence-corrected chi connectivity index (χ3v) is 5.60. The van der Waals surface area contributed by atoms with Crippen molar-refractivity contribution in [2.45, 2.75) is 25.0 Å². The number of hydrogen-bond acceptors (Lipinski definition) is 5. The number of hydrogen-bond donors (Lipinski definition) is 1. The first-order valence-electron chi connectivity index (χ1n) is 9.33. The Morgan fingerprint density at radius 3 is 2.85 bits per heavy atom. The van der Waals surface area contributed by atoms with Gasteiger partial charge in [-0.05, 0) is 42.5 Å². The van der Waals surface area contributed by atoms with E-state index in [1.807, 2.05) is 35.2 Å². The summed E-state index contributed by atoms with van der Waals surface area (Å²) in [6.45, 7) is 1.30. The Balaban J connectivity index is 1.54. The molecule has 0 radical (unpaired) electrons. The van der Waals surface area contributed by atoms with Gasteiger partial charge in [-0.25, -0.2) is 0 Å². The predicted octanol–water partition coefficient (Wildman–Crippen LogP) is 2.37. The first-order valence-corrected chi connectivity index (χ1v) is 9.33. The van der Waals surface area contributed by atoms with Gasteiger partial charge in [0.05, 0.1) is 32.1 Å². The van der Waals surface area contributed by atoms with E-state index < -0.39 is 0 Å². The molecule has 1 unspecified atom stereocenters.